The van der Waals surface area contributed by atoms with Crippen LogP contribution in [-0.2, 0) is 4.79 Å². The van der Waals surface area contributed by atoms with E-state index in [-0.39, 0.29) is 17.6 Å². The molecule has 1 atom stereocenters. The Kier molecular flexibility index (Phi) is 2.85. The number of anilines is 1. The van der Waals surface area contributed by atoms with Crippen LogP contribution in [-0.4, -0.2) is 24.3 Å². The lowest BCUT2D eigenvalue weighted by Crippen LogP contribution is -2.36. The zero-order chi connectivity index (χ0) is 11.5. The van der Waals surface area contributed by atoms with E-state index in [4.69, 9.17) is 0 Å². The number of aliphatic imine (C=N–C) groups is 1. The van der Waals surface area contributed by atoms with Crippen LogP contribution in [0.15, 0.2) is 29.3 Å². The molecule has 2 rings (SSSR count). The molecule has 0 bridgehead atoms. The molecule has 1 aromatic rings. The number of carbonyl (C=O) groups is 1. The number of amidine groups is 1. The fourth-order valence-corrected chi connectivity index (χ4v) is 1.43. The monoisotopic (exact) mass is 221 g/mol. The highest BCUT2D eigenvalue weighted by atomic mass is 19.1. The highest BCUT2D eigenvalue weighted by Gasteiger charge is 2.19. The van der Waals surface area contributed by atoms with Crippen molar-refractivity contribution in [1.82, 2.24) is 5.32 Å². The Labute approximate surface area is 92.6 Å². The fraction of sp³-hybridized carbons (Fsp3) is 0.273. The lowest BCUT2D eigenvalue weighted by atomic mass is 10.3. The summed E-state index contributed by atoms with van der Waals surface area (Å²) in [6.45, 7) is 2.49. The largest absolute Gasteiger partial charge is 0.361 e. The van der Waals surface area contributed by atoms with Crippen molar-refractivity contribution in [2.24, 2.45) is 4.99 Å². The number of hydrogen-bond acceptors (Lipinski definition) is 3. The molecule has 5 heteroatoms. The number of nitrogens with zero attached hydrogens (tertiary/aromatic N) is 1. The second-order valence-electron chi connectivity index (χ2n) is 3.67. The maximum absolute atomic E-state index is 13.2. The van der Waals surface area contributed by atoms with E-state index in [2.05, 4.69) is 15.6 Å². The van der Waals surface area contributed by atoms with Crippen LogP contribution in [0, 0.1) is 5.82 Å². The summed E-state index contributed by atoms with van der Waals surface area (Å²) < 4.78 is 13.2. The van der Waals surface area contributed by atoms with E-state index >= 15 is 0 Å². The molecular formula is C11H12FN3O. The molecule has 0 aliphatic carbocycles. The molecule has 16 heavy (non-hydrogen) atoms. The Morgan fingerprint density at radius 1 is 1.56 bits per heavy atom. The summed E-state index contributed by atoms with van der Waals surface area (Å²) in [5.41, 5.74) is 0.163. The molecule has 0 aromatic heterocycles. The Balaban J connectivity index is 2.06. The highest BCUT2D eigenvalue weighted by molar-refractivity contribution is 6.42. The molecule has 4 nitrogen and oxygen atoms in total. The van der Waals surface area contributed by atoms with Crippen LogP contribution < -0.4 is 10.6 Å². The first-order chi connectivity index (χ1) is 7.66. The second kappa shape index (κ2) is 4.30. The number of para-hydroxylation sites is 1. The number of benzene rings is 1. The van der Waals surface area contributed by atoms with E-state index < -0.39 is 11.7 Å². The smallest absolute Gasteiger partial charge is 0.290 e. The van der Waals surface area contributed by atoms with Crippen LogP contribution in [0.1, 0.15) is 6.92 Å². The van der Waals surface area contributed by atoms with Gasteiger partial charge in [-0.25, -0.2) is 4.39 Å². The van der Waals surface area contributed by atoms with Gasteiger partial charge in [-0.3, -0.25) is 9.79 Å². The van der Waals surface area contributed by atoms with Crippen molar-refractivity contribution in [3.63, 3.8) is 0 Å². The fourth-order valence-electron chi connectivity index (χ4n) is 1.43. The van der Waals surface area contributed by atoms with Gasteiger partial charge in [-0.05, 0) is 19.1 Å². The van der Waals surface area contributed by atoms with Gasteiger partial charge in [0.05, 0.1) is 12.2 Å². The van der Waals surface area contributed by atoms with Crippen molar-refractivity contribution in [1.29, 1.82) is 0 Å². The van der Waals surface area contributed by atoms with Crippen molar-refractivity contribution in [2.75, 3.05) is 11.9 Å². The van der Waals surface area contributed by atoms with Crippen molar-refractivity contribution in [3.8, 4) is 0 Å². The Morgan fingerprint density at radius 3 is 2.94 bits per heavy atom. The number of nitrogens with one attached hydrogen (secondary N) is 2. The zero-order valence-corrected chi connectivity index (χ0v) is 8.83. The van der Waals surface area contributed by atoms with Crippen LogP contribution in [0.2, 0.25) is 0 Å². The van der Waals surface area contributed by atoms with Crippen LogP contribution in [0.5, 0.6) is 0 Å². The molecule has 1 amide bonds. The third-order valence-corrected chi connectivity index (χ3v) is 2.24. The first-order valence-electron chi connectivity index (χ1n) is 5.03. The van der Waals surface area contributed by atoms with E-state index in [0.717, 1.165) is 0 Å². The Hall–Kier alpha value is -1.91. The van der Waals surface area contributed by atoms with E-state index in [1.165, 1.54) is 12.1 Å². The third-order valence-electron chi connectivity index (χ3n) is 2.24. The predicted octanol–water partition coefficient (Wildman–Crippen LogP) is 1.15. The van der Waals surface area contributed by atoms with Crippen LogP contribution >= 0.6 is 0 Å². The second-order valence-corrected chi connectivity index (χ2v) is 3.67. The molecule has 0 saturated heterocycles. The molecule has 0 radical (unpaired) electrons. The molecule has 1 aliphatic rings. The van der Waals surface area contributed by atoms with E-state index in [1.54, 1.807) is 12.1 Å². The number of halogens is 1. The van der Waals surface area contributed by atoms with E-state index in [1.807, 2.05) is 6.92 Å². The average Bonchev–Trinajstić information content (AvgIpc) is 2.68. The van der Waals surface area contributed by atoms with Gasteiger partial charge in [-0.2, -0.15) is 0 Å². The van der Waals surface area contributed by atoms with E-state index in [9.17, 15) is 9.18 Å². The predicted molar refractivity (Wildman–Crippen MR) is 59.9 cm³/mol. The van der Waals surface area contributed by atoms with E-state index in [0.29, 0.717) is 6.54 Å². The molecule has 1 unspecified atom stereocenters. The van der Waals surface area contributed by atoms with Crippen LogP contribution in [0.3, 0.4) is 0 Å². The normalized spacial score (nSPS) is 18.9. The van der Waals surface area contributed by atoms with Gasteiger partial charge in [-0.15, -0.1) is 0 Å². The molecule has 0 spiro atoms. The first-order valence-corrected chi connectivity index (χ1v) is 5.03. The topological polar surface area (TPSA) is 53.5 Å². The van der Waals surface area contributed by atoms with Gasteiger partial charge in [0.25, 0.3) is 5.91 Å². The summed E-state index contributed by atoms with van der Waals surface area (Å²) in [7, 11) is 0. The summed E-state index contributed by atoms with van der Waals surface area (Å²) in [5.74, 6) is -0.604. The Morgan fingerprint density at radius 2 is 2.31 bits per heavy atom. The molecule has 84 valence electrons. The van der Waals surface area contributed by atoms with Crippen molar-refractivity contribution < 1.29 is 9.18 Å². The minimum Gasteiger partial charge on any atom is -0.361 e. The van der Waals surface area contributed by atoms with Gasteiger partial charge in [-0.1, -0.05) is 12.1 Å². The van der Waals surface area contributed by atoms with Crippen molar-refractivity contribution in [2.45, 2.75) is 13.0 Å². The standard InChI is InChI=1S/C11H12FN3O/c1-7-6-13-10(14-7)11(16)15-9-5-3-2-4-8(9)12/h2-5,7H,6H2,1H3,(H,13,14)(H,15,16). The molecule has 1 aromatic carbocycles. The number of carbonyl (C=O) groups excluding carboxylic acids is 1. The third kappa shape index (κ3) is 2.18. The molecule has 0 saturated carbocycles. The summed E-state index contributed by atoms with van der Waals surface area (Å²) >= 11 is 0. The van der Waals surface area contributed by atoms with Crippen molar-refractivity contribution in [3.05, 3.63) is 30.1 Å². The summed E-state index contributed by atoms with van der Waals surface area (Å²) in [5, 5.41) is 5.37. The molecule has 1 heterocycles. The summed E-state index contributed by atoms with van der Waals surface area (Å²) in [6.07, 6.45) is 0. The van der Waals surface area contributed by atoms with Crippen molar-refractivity contribution >= 4 is 17.4 Å². The molecule has 0 fully saturated rings. The summed E-state index contributed by atoms with van der Waals surface area (Å²) in [6, 6.07) is 6.18. The van der Waals surface area contributed by atoms with Gasteiger partial charge in [0.15, 0.2) is 5.84 Å². The number of rotatable bonds is 2. The summed E-state index contributed by atoms with van der Waals surface area (Å²) in [4.78, 5) is 15.7. The zero-order valence-electron chi connectivity index (χ0n) is 8.83. The van der Waals surface area contributed by atoms with Gasteiger partial charge in [0.2, 0.25) is 0 Å². The lowest BCUT2D eigenvalue weighted by Gasteiger charge is -2.07. The number of amides is 1. The van der Waals surface area contributed by atoms with Gasteiger partial charge in [0.1, 0.15) is 5.82 Å². The average molecular weight is 221 g/mol. The van der Waals surface area contributed by atoms with Gasteiger partial charge < -0.3 is 10.6 Å². The van der Waals surface area contributed by atoms with Gasteiger partial charge >= 0.3 is 0 Å². The lowest BCUT2D eigenvalue weighted by molar-refractivity contribution is -0.110. The molecule has 1 aliphatic heterocycles. The quantitative estimate of drug-likeness (QED) is 0.787. The van der Waals surface area contributed by atoms with Crippen LogP contribution in [0.25, 0.3) is 0 Å². The number of hydrogen-bond donors (Lipinski definition) is 2. The SMILES string of the molecule is CC1CN=C(C(=O)Nc2ccccc2F)N1. The minimum atomic E-state index is -0.456. The molecule has 2 N–H and O–H groups in total. The maximum Gasteiger partial charge on any atom is 0.290 e. The first kappa shape index (κ1) is 10.6. The maximum atomic E-state index is 13.2. The highest BCUT2D eigenvalue weighted by Crippen LogP contribution is 2.12. The minimum absolute atomic E-state index is 0.154. The molecular weight excluding hydrogens is 209 g/mol. The Bertz CT molecular complexity index is 445. The van der Waals surface area contributed by atoms with Gasteiger partial charge in [0, 0.05) is 6.04 Å². The van der Waals surface area contributed by atoms with Crippen LogP contribution in [0.4, 0.5) is 10.1 Å².